The third kappa shape index (κ3) is 1.66. The van der Waals surface area contributed by atoms with Crippen LogP contribution in [-0.4, -0.2) is 28.8 Å². The van der Waals surface area contributed by atoms with E-state index >= 15 is 0 Å². The first-order chi connectivity index (χ1) is 7.03. The molecule has 1 aliphatic rings. The van der Waals surface area contributed by atoms with Crippen LogP contribution in [0.15, 0.2) is 12.3 Å². The molecule has 0 amide bonds. The zero-order chi connectivity index (χ0) is 11.1. The number of nitriles is 1. The molecule has 1 aromatic rings. The van der Waals surface area contributed by atoms with Gasteiger partial charge in [0, 0.05) is 19.3 Å². The molecule has 1 saturated heterocycles. The van der Waals surface area contributed by atoms with Gasteiger partial charge in [0.25, 0.3) is 0 Å². The number of β-amino-alcohol motifs (C(OH)–C–C–N with tert-alkyl or cyclic N) is 1. The van der Waals surface area contributed by atoms with Crippen molar-refractivity contribution in [3.63, 3.8) is 0 Å². The molecule has 1 aliphatic heterocycles. The molecule has 15 heavy (non-hydrogen) atoms. The molecule has 0 aliphatic carbocycles. The SMILES string of the molecule is Cc1ccnc(N2CC(C)(O)C2)c1C#N. The van der Waals surface area contributed by atoms with Crippen molar-refractivity contribution in [2.75, 3.05) is 18.0 Å². The fraction of sp³-hybridized carbons (Fsp3) is 0.455. The molecule has 78 valence electrons. The minimum Gasteiger partial charge on any atom is -0.386 e. The first-order valence-electron chi connectivity index (χ1n) is 4.86. The average Bonchev–Trinajstić information content (AvgIpc) is 2.13. The lowest BCUT2D eigenvalue weighted by Gasteiger charge is -2.45. The highest BCUT2D eigenvalue weighted by Crippen LogP contribution is 2.29. The van der Waals surface area contributed by atoms with E-state index in [1.807, 2.05) is 17.9 Å². The largest absolute Gasteiger partial charge is 0.386 e. The zero-order valence-electron chi connectivity index (χ0n) is 8.86. The van der Waals surface area contributed by atoms with Crippen molar-refractivity contribution in [2.24, 2.45) is 0 Å². The molecule has 4 nitrogen and oxygen atoms in total. The van der Waals surface area contributed by atoms with Gasteiger partial charge < -0.3 is 10.0 Å². The minimum absolute atomic E-state index is 0.540. The lowest BCUT2D eigenvalue weighted by molar-refractivity contribution is 0.0305. The van der Waals surface area contributed by atoms with Gasteiger partial charge in [-0.15, -0.1) is 0 Å². The maximum absolute atomic E-state index is 9.63. The molecule has 2 rings (SSSR count). The number of pyridine rings is 1. The van der Waals surface area contributed by atoms with Gasteiger partial charge in [0.05, 0.1) is 11.2 Å². The molecule has 0 atom stereocenters. The van der Waals surface area contributed by atoms with Crippen molar-refractivity contribution >= 4 is 5.82 Å². The van der Waals surface area contributed by atoms with Crippen molar-refractivity contribution in [1.29, 1.82) is 5.26 Å². The highest BCUT2D eigenvalue weighted by molar-refractivity contribution is 5.59. The second kappa shape index (κ2) is 3.21. The van der Waals surface area contributed by atoms with Crippen LogP contribution in [0.5, 0.6) is 0 Å². The predicted octanol–water partition coefficient (Wildman–Crippen LogP) is 0.833. The van der Waals surface area contributed by atoms with E-state index in [-0.39, 0.29) is 0 Å². The van der Waals surface area contributed by atoms with Gasteiger partial charge in [-0.25, -0.2) is 4.98 Å². The van der Waals surface area contributed by atoms with Crippen LogP contribution in [0.1, 0.15) is 18.1 Å². The van der Waals surface area contributed by atoms with E-state index < -0.39 is 5.60 Å². The van der Waals surface area contributed by atoms with Gasteiger partial charge in [0.15, 0.2) is 0 Å². The molecule has 0 saturated carbocycles. The number of hydrogen-bond acceptors (Lipinski definition) is 4. The molecule has 2 heterocycles. The minimum atomic E-state index is -0.641. The summed E-state index contributed by atoms with van der Waals surface area (Å²) in [5, 5.41) is 18.6. The molecule has 1 fully saturated rings. The smallest absolute Gasteiger partial charge is 0.146 e. The average molecular weight is 203 g/mol. The van der Waals surface area contributed by atoms with Crippen LogP contribution in [0.25, 0.3) is 0 Å². The van der Waals surface area contributed by atoms with Gasteiger partial charge >= 0.3 is 0 Å². The summed E-state index contributed by atoms with van der Waals surface area (Å²) in [5.74, 6) is 0.684. The second-order valence-electron chi connectivity index (χ2n) is 4.29. The molecule has 0 aromatic carbocycles. The van der Waals surface area contributed by atoms with Gasteiger partial charge in [-0.2, -0.15) is 5.26 Å². The number of aliphatic hydroxyl groups is 1. The van der Waals surface area contributed by atoms with Crippen LogP contribution in [0, 0.1) is 18.3 Å². The summed E-state index contributed by atoms with van der Waals surface area (Å²) in [7, 11) is 0. The summed E-state index contributed by atoms with van der Waals surface area (Å²) < 4.78 is 0. The number of aryl methyl sites for hydroxylation is 1. The number of nitrogens with zero attached hydrogens (tertiary/aromatic N) is 3. The summed E-state index contributed by atoms with van der Waals surface area (Å²) in [5.41, 5.74) is 0.889. The second-order valence-corrected chi connectivity index (χ2v) is 4.29. The molecule has 1 aromatic heterocycles. The molecular weight excluding hydrogens is 190 g/mol. The summed E-state index contributed by atoms with van der Waals surface area (Å²) in [6.07, 6.45) is 1.69. The molecule has 1 N–H and O–H groups in total. The Morgan fingerprint density at radius 3 is 2.80 bits per heavy atom. The molecular formula is C11H13N3O. The Kier molecular flexibility index (Phi) is 2.13. The van der Waals surface area contributed by atoms with E-state index in [4.69, 9.17) is 5.26 Å². The molecule has 0 radical (unpaired) electrons. The van der Waals surface area contributed by atoms with Gasteiger partial charge in [-0.1, -0.05) is 0 Å². The fourth-order valence-electron chi connectivity index (χ4n) is 1.85. The van der Waals surface area contributed by atoms with Gasteiger partial charge in [0.1, 0.15) is 11.9 Å². The molecule has 0 spiro atoms. The number of anilines is 1. The lowest BCUT2D eigenvalue weighted by atomic mass is 9.96. The first kappa shape index (κ1) is 9.94. The Hall–Kier alpha value is -1.60. The van der Waals surface area contributed by atoms with Gasteiger partial charge in [-0.3, -0.25) is 0 Å². The first-order valence-corrected chi connectivity index (χ1v) is 4.86. The van der Waals surface area contributed by atoms with E-state index in [0.717, 1.165) is 5.56 Å². The van der Waals surface area contributed by atoms with E-state index in [2.05, 4.69) is 11.1 Å². The standard InChI is InChI=1S/C11H13N3O/c1-8-3-4-13-10(9(8)5-12)14-6-11(2,15)7-14/h3-4,15H,6-7H2,1-2H3. The maximum Gasteiger partial charge on any atom is 0.146 e. The lowest BCUT2D eigenvalue weighted by Crippen LogP contribution is -2.60. The third-order valence-electron chi connectivity index (χ3n) is 2.61. The van der Waals surface area contributed by atoms with Gasteiger partial charge in [0.2, 0.25) is 0 Å². The van der Waals surface area contributed by atoms with Crippen molar-refractivity contribution in [3.8, 4) is 6.07 Å². The quantitative estimate of drug-likeness (QED) is 0.734. The van der Waals surface area contributed by atoms with Crippen molar-refractivity contribution in [1.82, 2.24) is 4.98 Å². The zero-order valence-corrected chi connectivity index (χ0v) is 8.86. The van der Waals surface area contributed by atoms with Crippen LogP contribution in [0.4, 0.5) is 5.82 Å². The monoisotopic (exact) mass is 203 g/mol. The van der Waals surface area contributed by atoms with Crippen molar-refractivity contribution in [3.05, 3.63) is 23.4 Å². The molecule has 0 bridgehead atoms. The van der Waals surface area contributed by atoms with Crippen LogP contribution in [0.3, 0.4) is 0 Å². The summed E-state index contributed by atoms with van der Waals surface area (Å²) in [6.45, 7) is 4.75. The number of rotatable bonds is 1. The van der Waals surface area contributed by atoms with Crippen LogP contribution in [0.2, 0.25) is 0 Å². The third-order valence-corrected chi connectivity index (χ3v) is 2.61. The Labute approximate surface area is 88.8 Å². The Morgan fingerprint density at radius 2 is 2.27 bits per heavy atom. The molecule has 0 unspecified atom stereocenters. The Balaban J connectivity index is 2.31. The highest BCUT2D eigenvalue weighted by atomic mass is 16.3. The van der Waals surface area contributed by atoms with E-state index in [9.17, 15) is 5.11 Å². The summed E-state index contributed by atoms with van der Waals surface area (Å²) >= 11 is 0. The Morgan fingerprint density at radius 1 is 1.60 bits per heavy atom. The van der Waals surface area contributed by atoms with Gasteiger partial charge in [-0.05, 0) is 25.5 Å². The summed E-state index contributed by atoms with van der Waals surface area (Å²) in [6, 6.07) is 3.97. The van der Waals surface area contributed by atoms with Crippen LogP contribution in [-0.2, 0) is 0 Å². The summed E-state index contributed by atoms with van der Waals surface area (Å²) in [4.78, 5) is 6.11. The normalized spacial score (nSPS) is 18.1. The number of hydrogen-bond donors (Lipinski definition) is 1. The predicted molar refractivity (Wildman–Crippen MR) is 56.5 cm³/mol. The van der Waals surface area contributed by atoms with Crippen LogP contribution < -0.4 is 4.90 Å². The van der Waals surface area contributed by atoms with Crippen molar-refractivity contribution in [2.45, 2.75) is 19.4 Å². The topological polar surface area (TPSA) is 60.1 Å². The Bertz CT molecular complexity index is 426. The van der Waals surface area contributed by atoms with E-state index in [0.29, 0.717) is 24.5 Å². The van der Waals surface area contributed by atoms with Crippen LogP contribution >= 0.6 is 0 Å². The van der Waals surface area contributed by atoms with E-state index in [1.54, 1.807) is 13.1 Å². The fourth-order valence-corrected chi connectivity index (χ4v) is 1.85. The van der Waals surface area contributed by atoms with Crippen molar-refractivity contribution < 1.29 is 5.11 Å². The maximum atomic E-state index is 9.63. The molecule has 4 heteroatoms. The van der Waals surface area contributed by atoms with E-state index in [1.165, 1.54) is 0 Å². The highest BCUT2D eigenvalue weighted by Gasteiger charge is 2.38. The number of aromatic nitrogens is 1.